The third-order valence-electron chi connectivity index (χ3n) is 2.06. The van der Waals surface area contributed by atoms with Crippen molar-refractivity contribution in [3.05, 3.63) is 29.8 Å². The van der Waals surface area contributed by atoms with E-state index in [1.54, 1.807) is 24.3 Å². The third kappa shape index (κ3) is 3.83. The lowest BCUT2D eigenvalue weighted by molar-refractivity contribution is 0.0779. The van der Waals surface area contributed by atoms with Crippen LogP contribution in [0.2, 0.25) is 0 Å². The minimum atomic E-state index is -0.969. The molecule has 16 heavy (non-hydrogen) atoms. The van der Waals surface area contributed by atoms with E-state index in [2.05, 4.69) is 0 Å². The van der Waals surface area contributed by atoms with Crippen LogP contribution in [0.3, 0.4) is 0 Å². The molecule has 0 bridgehead atoms. The van der Waals surface area contributed by atoms with Crippen LogP contribution in [0.1, 0.15) is 23.7 Å². The van der Waals surface area contributed by atoms with Gasteiger partial charge in [0.15, 0.2) is 5.78 Å². The lowest BCUT2D eigenvalue weighted by Gasteiger charge is -2.06. The molecule has 1 aromatic rings. The number of aliphatic hydroxyl groups is 1. The number of ether oxygens (including phenoxy) is 1. The number of rotatable bonds is 6. The van der Waals surface area contributed by atoms with Gasteiger partial charge < -0.3 is 9.84 Å². The van der Waals surface area contributed by atoms with Gasteiger partial charge in [-0.1, -0.05) is 0 Å². The highest BCUT2D eigenvalue weighted by molar-refractivity contribution is 6.17. The highest BCUT2D eigenvalue weighted by atomic mass is 35.5. The van der Waals surface area contributed by atoms with E-state index in [1.165, 1.54) is 6.92 Å². The number of Topliss-reactive ketones (excluding diaryl/α,β-unsaturated/α-hetero) is 1. The Hall–Kier alpha value is -1.06. The lowest BCUT2D eigenvalue weighted by atomic mass is 10.1. The molecular formula is C12H15ClO3. The molecule has 0 aliphatic carbocycles. The molecule has 3 nitrogen and oxygen atoms in total. The van der Waals surface area contributed by atoms with Crippen molar-refractivity contribution in [3.8, 4) is 5.75 Å². The minimum absolute atomic E-state index is 0.285. The smallest absolute Gasteiger partial charge is 0.190 e. The molecule has 0 saturated heterocycles. The Kier molecular flexibility index (Phi) is 5.29. The first-order chi connectivity index (χ1) is 7.65. The number of aliphatic hydroxyl groups excluding tert-OH is 1. The number of benzene rings is 1. The SMILES string of the molecule is CC(O)C(=O)c1ccc(OCCCCl)cc1. The van der Waals surface area contributed by atoms with Gasteiger partial charge in [0.25, 0.3) is 0 Å². The van der Waals surface area contributed by atoms with Crippen molar-refractivity contribution in [1.82, 2.24) is 0 Å². The Balaban J connectivity index is 2.57. The predicted molar refractivity (Wildman–Crippen MR) is 63.3 cm³/mol. The molecule has 4 heteroatoms. The number of alkyl halides is 1. The van der Waals surface area contributed by atoms with E-state index < -0.39 is 6.10 Å². The number of carbonyl (C=O) groups is 1. The average molecular weight is 243 g/mol. The molecule has 0 amide bonds. The molecule has 0 heterocycles. The molecule has 0 aromatic heterocycles. The third-order valence-corrected chi connectivity index (χ3v) is 2.33. The van der Waals surface area contributed by atoms with Crippen LogP contribution in [0.15, 0.2) is 24.3 Å². The Morgan fingerprint density at radius 2 is 2.06 bits per heavy atom. The fourth-order valence-corrected chi connectivity index (χ4v) is 1.31. The number of ketones is 1. The maximum Gasteiger partial charge on any atom is 0.190 e. The molecule has 1 unspecified atom stereocenters. The second kappa shape index (κ2) is 6.51. The Bertz CT molecular complexity index is 333. The van der Waals surface area contributed by atoms with E-state index in [9.17, 15) is 4.79 Å². The van der Waals surface area contributed by atoms with Gasteiger partial charge in [0.1, 0.15) is 11.9 Å². The summed E-state index contributed by atoms with van der Waals surface area (Å²) in [6, 6.07) is 6.71. The summed E-state index contributed by atoms with van der Waals surface area (Å²) >= 11 is 5.52. The van der Waals surface area contributed by atoms with Crippen LogP contribution in [0.4, 0.5) is 0 Å². The van der Waals surface area contributed by atoms with Gasteiger partial charge in [0, 0.05) is 11.4 Å². The molecule has 0 aliphatic rings. The van der Waals surface area contributed by atoms with Gasteiger partial charge in [-0.05, 0) is 37.6 Å². The topological polar surface area (TPSA) is 46.5 Å². The van der Waals surface area contributed by atoms with Crippen LogP contribution in [-0.2, 0) is 0 Å². The number of carbonyl (C=O) groups excluding carboxylic acids is 1. The molecule has 1 atom stereocenters. The summed E-state index contributed by atoms with van der Waals surface area (Å²) in [5.74, 6) is 0.984. The van der Waals surface area contributed by atoms with E-state index in [0.29, 0.717) is 23.8 Å². The molecule has 0 radical (unpaired) electrons. The van der Waals surface area contributed by atoms with Crippen molar-refractivity contribution < 1.29 is 14.6 Å². The van der Waals surface area contributed by atoms with Gasteiger partial charge in [-0.25, -0.2) is 0 Å². The first kappa shape index (κ1) is 13.0. The Morgan fingerprint density at radius 3 is 2.56 bits per heavy atom. The van der Waals surface area contributed by atoms with Crippen molar-refractivity contribution in [2.45, 2.75) is 19.4 Å². The van der Waals surface area contributed by atoms with Crippen LogP contribution in [-0.4, -0.2) is 29.5 Å². The largest absolute Gasteiger partial charge is 0.494 e. The molecule has 0 spiro atoms. The van der Waals surface area contributed by atoms with Crippen LogP contribution >= 0.6 is 11.6 Å². The monoisotopic (exact) mass is 242 g/mol. The van der Waals surface area contributed by atoms with Crippen LogP contribution in [0.25, 0.3) is 0 Å². The summed E-state index contributed by atoms with van der Waals surface area (Å²) in [5.41, 5.74) is 0.486. The Labute approximate surface area is 100.0 Å². The van der Waals surface area contributed by atoms with Crippen LogP contribution in [0, 0.1) is 0 Å². The molecule has 0 fully saturated rings. The molecule has 0 aliphatic heterocycles. The zero-order chi connectivity index (χ0) is 12.0. The first-order valence-corrected chi connectivity index (χ1v) is 5.69. The number of hydrogen-bond donors (Lipinski definition) is 1. The molecule has 1 N–H and O–H groups in total. The zero-order valence-corrected chi connectivity index (χ0v) is 9.91. The summed E-state index contributed by atoms with van der Waals surface area (Å²) in [6.45, 7) is 2.01. The van der Waals surface area contributed by atoms with Gasteiger partial charge in [-0.3, -0.25) is 4.79 Å². The fourth-order valence-electron chi connectivity index (χ4n) is 1.20. The van der Waals surface area contributed by atoms with Crippen molar-refractivity contribution >= 4 is 17.4 Å². The van der Waals surface area contributed by atoms with E-state index >= 15 is 0 Å². The summed E-state index contributed by atoms with van der Waals surface area (Å²) in [4.78, 5) is 11.4. The quantitative estimate of drug-likeness (QED) is 0.473. The average Bonchev–Trinajstić information content (AvgIpc) is 2.29. The highest BCUT2D eigenvalue weighted by Crippen LogP contribution is 2.13. The van der Waals surface area contributed by atoms with Crippen LogP contribution < -0.4 is 4.74 Å². The van der Waals surface area contributed by atoms with Gasteiger partial charge in [0.2, 0.25) is 0 Å². The minimum Gasteiger partial charge on any atom is -0.494 e. The predicted octanol–water partition coefficient (Wildman–Crippen LogP) is 2.26. The maximum absolute atomic E-state index is 11.4. The van der Waals surface area contributed by atoms with Crippen LogP contribution in [0.5, 0.6) is 5.75 Å². The number of hydrogen-bond acceptors (Lipinski definition) is 3. The number of halogens is 1. The summed E-state index contributed by atoms with van der Waals surface area (Å²) in [6.07, 6.45) is -0.182. The fraction of sp³-hybridized carbons (Fsp3) is 0.417. The van der Waals surface area contributed by atoms with Crippen molar-refractivity contribution in [3.63, 3.8) is 0 Å². The van der Waals surface area contributed by atoms with E-state index in [-0.39, 0.29) is 5.78 Å². The van der Waals surface area contributed by atoms with Crippen molar-refractivity contribution in [2.75, 3.05) is 12.5 Å². The van der Waals surface area contributed by atoms with Gasteiger partial charge in [-0.15, -0.1) is 11.6 Å². The van der Waals surface area contributed by atoms with E-state index in [1.807, 2.05) is 0 Å². The standard InChI is InChI=1S/C12H15ClO3/c1-9(14)12(15)10-3-5-11(6-4-10)16-8-2-7-13/h3-6,9,14H,2,7-8H2,1H3. The summed E-state index contributed by atoms with van der Waals surface area (Å²) in [5, 5.41) is 9.12. The van der Waals surface area contributed by atoms with Crippen molar-refractivity contribution in [2.24, 2.45) is 0 Å². The molecular weight excluding hydrogens is 228 g/mol. The van der Waals surface area contributed by atoms with Crippen molar-refractivity contribution in [1.29, 1.82) is 0 Å². The summed E-state index contributed by atoms with van der Waals surface area (Å²) < 4.78 is 5.38. The first-order valence-electron chi connectivity index (χ1n) is 5.16. The lowest BCUT2D eigenvalue weighted by Crippen LogP contribution is -2.15. The van der Waals surface area contributed by atoms with E-state index in [4.69, 9.17) is 21.4 Å². The zero-order valence-electron chi connectivity index (χ0n) is 9.15. The summed E-state index contributed by atoms with van der Waals surface area (Å²) in [7, 11) is 0. The maximum atomic E-state index is 11.4. The molecule has 0 saturated carbocycles. The molecule has 1 aromatic carbocycles. The second-order valence-corrected chi connectivity index (χ2v) is 3.83. The Morgan fingerprint density at radius 1 is 1.44 bits per heavy atom. The molecule has 88 valence electrons. The second-order valence-electron chi connectivity index (χ2n) is 3.46. The molecule has 1 rings (SSSR count). The van der Waals surface area contributed by atoms with Gasteiger partial charge >= 0.3 is 0 Å². The normalized spacial score (nSPS) is 12.2. The van der Waals surface area contributed by atoms with Gasteiger partial charge in [-0.2, -0.15) is 0 Å². The highest BCUT2D eigenvalue weighted by Gasteiger charge is 2.11. The van der Waals surface area contributed by atoms with Gasteiger partial charge in [0.05, 0.1) is 6.61 Å². The van der Waals surface area contributed by atoms with E-state index in [0.717, 1.165) is 6.42 Å².